The van der Waals surface area contributed by atoms with Crippen LogP contribution in [0.4, 0.5) is 0 Å². The molecular weight excluding hydrogens is 378 g/mol. The zero-order chi connectivity index (χ0) is 21.2. The molecule has 1 heterocycles. The lowest BCUT2D eigenvalue weighted by Crippen LogP contribution is -2.55. The van der Waals surface area contributed by atoms with Crippen molar-refractivity contribution in [1.82, 2.24) is 0 Å². The largest absolute Gasteiger partial charge is 0.497 e. The number of ether oxygens (including phenoxy) is 3. The highest BCUT2D eigenvalue weighted by atomic mass is 16.6. The van der Waals surface area contributed by atoms with Gasteiger partial charge < -0.3 is 14.2 Å². The van der Waals surface area contributed by atoms with Gasteiger partial charge in [-0.3, -0.25) is 14.9 Å². The van der Waals surface area contributed by atoms with Gasteiger partial charge in [0.25, 0.3) is 11.3 Å². The zero-order valence-corrected chi connectivity index (χ0v) is 15.9. The van der Waals surface area contributed by atoms with E-state index in [0.29, 0.717) is 11.3 Å². The molecule has 0 aliphatic carbocycles. The van der Waals surface area contributed by atoms with Crippen molar-refractivity contribution in [1.29, 1.82) is 0 Å². The van der Waals surface area contributed by atoms with Gasteiger partial charge in [-0.25, -0.2) is 4.79 Å². The van der Waals surface area contributed by atoms with Crippen LogP contribution >= 0.6 is 0 Å². The van der Waals surface area contributed by atoms with Crippen molar-refractivity contribution in [2.45, 2.75) is 18.4 Å². The van der Waals surface area contributed by atoms with Crippen LogP contribution in [0.1, 0.15) is 28.8 Å². The second kappa shape index (κ2) is 7.75. The predicted octanol–water partition coefficient (Wildman–Crippen LogP) is 3.15. The number of methoxy groups -OCH3 is 1. The Balaban J connectivity index is 2.26. The van der Waals surface area contributed by atoms with Crippen molar-refractivity contribution < 1.29 is 28.7 Å². The summed E-state index contributed by atoms with van der Waals surface area (Å²) < 4.78 is 16.1. The van der Waals surface area contributed by atoms with E-state index in [-0.39, 0.29) is 17.9 Å². The van der Waals surface area contributed by atoms with Gasteiger partial charge in [-0.05, 0) is 37.3 Å². The van der Waals surface area contributed by atoms with Crippen molar-refractivity contribution >= 4 is 11.8 Å². The maximum absolute atomic E-state index is 13.5. The molecule has 2 aromatic carbocycles. The fourth-order valence-corrected chi connectivity index (χ4v) is 3.42. The normalized spacial score (nSPS) is 18.3. The van der Waals surface area contributed by atoms with Gasteiger partial charge in [0.1, 0.15) is 17.4 Å². The van der Waals surface area contributed by atoms with E-state index >= 15 is 0 Å². The molecule has 0 spiro atoms. The lowest BCUT2D eigenvalue weighted by Gasteiger charge is -2.31. The summed E-state index contributed by atoms with van der Waals surface area (Å²) in [5.74, 6) is -2.67. The van der Waals surface area contributed by atoms with Gasteiger partial charge in [-0.1, -0.05) is 30.3 Å². The van der Waals surface area contributed by atoms with Crippen LogP contribution in [0, 0.1) is 10.1 Å². The van der Waals surface area contributed by atoms with Crippen molar-refractivity contribution in [3.63, 3.8) is 0 Å². The van der Waals surface area contributed by atoms with E-state index in [1.807, 2.05) is 0 Å². The van der Waals surface area contributed by atoms with Crippen LogP contribution < -0.4 is 9.47 Å². The Morgan fingerprint density at radius 1 is 1.28 bits per heavy atom. The molecule has 0 bridgehead atoms. The summed E-state index contributed by atoms with van der Waals surface area (Å²) in [6.45, 7) is 5.06. The number of esters is 1. The highest BCUT2D eigenvalue weighted by Gasteiger charge is 2.64. The first-order valence-corrected chi connectivity index (χ1v) is 8.84. The lowest BCUT2D eigenvalue weighted by molar-refractivity contribution is -0.431. The van der Waals surface area contributed by atoms with Gasteiger partial charge in [-0.15, -0.1) is 0 Å². The minimum atomic E-state index is -2.31. The van der Waals surface area contributed by atoms with Crippen molar-refractivity contribution in [3.05, 3.63) is 82.0 Å². The molecule has 150 valence electrons. The SMILES string of the molecule is C=C([C@H](c1ccccc1)[C@@]1(C(=O)OCC)Oc2ccc(OC)cc2C1=O)[N+](=O)[O-]. The molecule has 1 aliphatic heterocycles. The number of nitrogens with zero attached hydrogens (tertiary/aromatic N) is 1. The van der Waals surface area contributed by atoms with Gasteiger partial charge in [-0.2, -0.15) is 0 Å². The molecule has 0 N–H and O–H groups in total. The molecule has 0 aromatic heterocycles. The molecule has 8 heteroatoms. The van der Waals surface area contributed by atoms with Crippen LogP contribution in [-0.4, -0.2) is 36.0 Å². The van der Waals surface area contributed by atoms with Gasteiger partial charge in [0.15, 0.2) is 0 Å². The third kappa shape index (κ3) is 3.22. The number of Topliss-reactive ketones (excluding diaryl/α,β-unsaturated/α-hetero) is 1. The number of rotatable bonds is 7. The number of carbonyl (C=O) groups excluding carboxylic acids is 2. The summed E-state index contributed by atoms with van der Waals surface area (Å²) in [5, 5.41) is 11.6. The second-order valence-corrected chi connectivity index (χ2v) is 6.34. The van der Waals surface area contributed by atoms with E-state index in [0.717, 1.165) is 0 Å². The van der Waals surface area contributed by atoms with Crippen LogP contribution in [0.2, 0.25) is 0 Å². The molecule has 0 unspecified atom stereocenters. The van der Waals surface area contributed by atoms with Crippen molar-refractivity contribution in [2.24, 2.45) is 0 Å². The van der Waals surface area contributed by atoms with Crippen LogP contribution in [0.25, 0.3) is 0 Å². The monoisotopic (exact) mass is 397 g/mol. The second-order valence-electron chi connectivity index (χ2n) is 6.34. The van der Waals surface area contributed by atoms with Crippen molar-refractivity contribution in [3.8, 4) is 11.5 Å². The number of nitro groups is 1. The minimum absolute atomic E-state index is 0.0384. The van der Waals surface area contributed by atoms with E-state index in [4.69, 9.17) is 14.2 Å². The molecule has 29 heavy (non-hydrogen) atoms. The minimum Gasteiger partial charge on any atom is -0.497 e. The maximum Gasteiger partial charge on any atom is 0.360 e. The first kappa shape index (κ1) is 20.1. The predicted molar refractivity (Wildman–Crippen MR) is 103 cm³/mol. The summed E-state index contributed by atoms with van der Waals surface area (Å²) in [7, 11) is 1.43. The van der Waals surface area contributed by atoms with Gasteiger partial charge in [0.05, 0.1) is 24.2 Å². The molecule has 0 amide bonds. The fraction of sp³-hybridized carbons (Fsp3) is 0.238. The number of benzene rings is 2. The Bertz CT molecular complexity index is 986. The highest BCUT2D eigenvalue weighted by Crippen LogP contribution is 2.47. The number of hydrogen-bond donors (Lipinski definition) is 0. The Morgan fingerprint density at radius 2 is 1.97 bits per heavy atom. The molecule has 0 saturated carbocycles. The lowest BCUT2D eigenvalue weighted by atomic mass is 9.76. The Labute approximate surface area is 166 Å². The fourth-order valence-electron chi connectivity index (χ4n) is 3.42. The van der Waals surface area contributed by atoms with E-state index in [2.05, 4.69) is 6.58 Å². The molecule has 0 saturated heterocycles. The van der Waals surface area contributed by atoms with Crippen molar-refractivity contribution in [2.75, 3.05) is 13.7 Å². The van der Waals surface area contributed by atoms with Crippen LogP contribution in [0.15, 0.2) is 60.8 Å². The third-order valence-electron chi connectivity index (χ3n) is 4.73. The molecule has 2 atom stereocenters. The van der Waals surface area contributed by atoms with Gasteiger partial charge >= 0.3 is 5.97 Å². The Hall–Kier alpha value is -3.68. The molecule has 3 rings (SSSR count). The van der Waals surface area contributed by atoms with Gasteiger partial charge in [0, 0.05) is 0 Å². The molecular formula is C21H19NO7. The number of fused-ring (bicyclic) bond motifs is 1. The first-order chi connectivity index (χ1) is 13.9. The summed E-state index contributed by atoms with van der Waals surface area (Å²) in [6, 6.07) is 12.6. The Morgan fingerprint density at radius 3 is 2.55 bits per heavy atom. The van der Waals surface area contributed by atoms with E-state index in [9.17, 15) is 19.7 Å². The number of hydrogen-bond acceptors (Lipinski definition) is 7. The topological polar surface area (TPSA) is 105 Å². The molecule has 8 nitrogen and oxygen atoms in total. The number of carbonyl (C=O) groups is 2. The third-order valence-corrected chi connectivity index (χ3v) is 4.73. The summed E-state index contributed by atoms with van der Waals surface area (Å²) in [6.07, 6.45) is 0. The molecule has 0 fully saturated rings. The number of ketones is 1. The first-order valence-electron chi connectivity index (χ1n) is 8.84. The zero-order valence-electron chi connectivity index (χ0n) is 15.9. The summed E-state index contributed by atoms with van der Waals surface area (Å²) >= 11 is 0. The van der Waals surface area contributed by atoms with Crippen LogP contribution in [-0.2, 0) is 9.53 Å². The van der Waals surface area contributed by atoms with Crippen LogP contribution in [0.3, 0.4) is 0 Å². The quantitative estimate of drug-likeness (QED) is 0.306. The Kier molecular flexibility index (Phi) is 5.36. The van der Waals surface area contributed by atoms with E-state index in [1.54, 1.807) is 43.3 Å². The summed E-state index contributed by atoms with van der Waals surface area (Å²) in [4.78, 5) is 37.5. The van der Waals surface area contributed by atoms with E-state index in [1.165, 1.54) is 19.2 Å². The van der Waals surface area contributed by atoms with Crippen LogP contribution in [0.5, 0.6) is 11.5 Å². The highest BCUT2D eigenvalue weighted by molar-refractivity contribution is 6.20. The van der Waals surface area contributed by atoms with Gasteiger partial charge in [0.2, 0.25) is 5.78 Å². The molecule has 1 aliphatic rings. The standard InChI is InChI=1S/C21H19NO7/c1-4-28-20(24)21(18(13(2)22(25)26)14-8-6-5-7-9-14)19(23)16-12-15(27-3)10-11-17(16)29-21/h5-12,18H,2,4H2,1,3H3/t18-,21-/m1/s1. The average Bonchev–Trinajstić information content (AvgIpc) is 3.01. The molecule has 2 aromatic rings. The molecule has 0 radical (unpaired) electrons. The average molecular weight is 397 g/mol. The maximum atomic E-state index is 13.5. The summed E-state index contributed by atoms with van der Waals surface area (Å²) in [5.41, 5.74) is -2.46. The smallest absolute Gasteiger partial charge is 0.360 e. The van der Waals surface area contributed by atoms with E-state index < -0.39 is 33.9 Å².